The number of carbonyl (C=O) groups excluding carboxylic acids is 1. The first-order chi connectivity index (χ1) is 9.10. The Hall–Kier alpha value is -2.43. The molecule has 1 aromatic heterocycles. The molecule has 1 aromatic carbocycles. The Bertz CT molecular complexity index is 613. The summed E-state index contributed by atoms with van der Waals surface area (Å²) in [6.45, 7) is 1.82. The summed E-state index contributed by atoms with van der Waals surface area (Å²) in [6, 6.07) is 5.60. The highest BCUT2D eigenvalue weighted by atomic mass is 19.1. The lowest BCUT2D eigenvalue weighted by Gasteiger charge is -2.06. The summed E-state index contributed by atoms with van der Waals surface area (Å²) in [5.74, 6) is -0.960. The summed E-state index contributed by atoms with van der Waals surface area (Å²) in [5.41, 5.74) is 1.16. The third kappa shape index (κ3) is 3.07. The highest BCUT2D eigenvalue weighted by Gasteiger charge is 2.11. The standard InChI is InChI=1S/C14H12FNO3/c1-9-5-10(8-16-7-9)14(17)19-11-3-4-13(18-2)12(15)6-11/h3-8H,1-2H3. The molecule has 0 fully saturated rings. The molecule has 19 heavy (non-hydrogen) atoms. The molecule has 0 bridgehead atoms. The number of benzene rings is 1. The molecule has 0 aliphatic rings. The lowest BCUT2D eigenvalue weighted by molar-refractivity contribution is 0.0733. The van der Waals surface area contributed by atoms with Crippen LogP contribution in [0.25, 0.3) is 0 Å². The number of aryl methyl sites for hydroxylation is 1. The topological polar surface area (TPSA) is 48.4 Å². The van der Waals surface area contributed by atoms with Crippen LogP contribution in [0.2, 0.25) is 0 Å². The van der Waals surface area contributed by atoms with Crippen LogP contribution in [0.1, 0.15) is 15.9 Å². The van der Waals surface area contributed by atoms with Crippen LogP contribution in [0.5, 0.6) is 11.5 Å². The Labute approximate surface area is 109 Å². The molecular weight excluding hydrogens is 249 g/mol. The van der Waals surface area contributed by atoms with Gasteiger partial charge in [0.2, 0.25) is 0 Å². The molecule has 0 aliphatic heterocycles. The predicted octanol–water partition coefficient (Wildman–Crippen LogP) is 2.76. The Morgan fingerprint density at radius 2 is 2.05 bits per heavy atom. The van der Waals surface area contributed by atoms with Gasteiger partial charge in [0.05, 0.1) is 12.7 Å². The van der Waals surface area contributed by atoms with Crippen LogP contribution in [0.15, 0.2) is 36.7 Å². The predicted molar refractivity (Wildman–Crippen MR) is 66.9 cm³/mol. The first-order valence-electron chi connectivity index (χ1n) is 5.57. The van der Waals surface area contributed by atoms with E-state index >= 15 is 0 Å². The number of esters is 1. The van der Waals surface area contributed by atoms with Crippen LogP contribution >= 0.6 is 0 Å². The molecule has 5 heteroatoms. The number of methoxy groups -OCH3 is 1. The number of rotatable bonds is 3. The van der Waals surface area contributed by atoms with E-state index in [1.807, 2.05) is 6.92 Å². The zero-order chi connectivity index (χ0) is 13.8. The van der Waals surface area contributed by atoms with Crippen molar-refractivity contribution in [3.8, 4) is 11.5 Å². The summed E-state index contributed by atoms with van der Waals surface area (Å²) < 4.78 is 23.3. The maximum absolute atomic E-state index is 13.4. The lowest BCUT2D eigenvalue weighted by atomic mass is 10.2. The van der Waals surface area contributed by atoms with E-state index in [9.17, 15) is 9.18 Å². The summed E-state index contributed by atoms with van der Waals surface area (Å²) in [5, 5.41) is 0. The molecule has 0 amide bonds. The first-order valence-corrected chi connectivity index (χ1v) is 5.57. The molecule has 4 nitrogen and oxygen atoms in total. The number of halogens is 1. The number of hydrogen-bond donors (Lipinski definition) is 0. The normalized spacial score (nSPS) is 10.1. The van der Waals surface area contributed by atoms with Crippen molar-refractivity contribution >= 4 is 5.97 Å². The second-order valence-electron chi connectivity index (χ2n) is 3.94. The van der Waals surface area contributed by atoms with Gasteiger partial charge in [0, 0.05) is 18.5 Å². The van der Waals surface area contributed by atoms with Gasteiger partial charge in [-0.25, -0.2) is 9.18 Å². The highest BCUT2D eigenvalue weighted by molar-refractivity contribution is 5.90. The number of ether oxygens (including phenoxy) is 2. The quantitative estimate of drug-likeness (QED) is 0.629. The molecule has 2 aromatic rings. The first kappa shape index (κ1) is 13.0. The maximum Gasteiger partial charge on any atom is 0.345 e. The fourth-order valence-electron chi connectivity index (χ4n) is 1.54. The van der Waals surface area contributed by atoms with Crippen molar-refractivity contribution in [1.82, 2.24) is 4.98 Å². The maximum atomic E-state index is 13.4. The van der Waals surface area contributed by atoms with Gasteiger partial charge >= 0.3 is 5.97 Å². The Morgan fingerprint density at radius 1 is 1.26 bits per heavy atom. The molecule has 0 aliphatic carbocycles. The second kappa shape index (κ2) is 5.48. The average molecular weight is 261 g/mol. The molecule has 0 saturated heterocycles. The molecule has 0 unspecified atom stereocenters. The van der Waals surface area contributed by atoms with Crippen LogP contribution < -0.4 is 9.47 Å². The largest absolute Gasteiger partial charge is 0.494 e. The van der Waals surface area contributed by atoms with Crippen molar-refractivity contribution in [1.29, 1.82) is 0 Å². The van der Waals surface area contributed by atoms with Gasteiger partial charge in [0.25, 0.3) is 0 Å². The summed E-state index contributed by atoms with van der Waals surface area (Å²) in [4.78, 5) is 15.7. The molecule has 2 rings (SSSR count). The molecule has 98 valence electrons. The van der Waals surface area contributed by atoms with Crippen LogP contribution in [0.3, 0.4) is 0 Å². The van der Waals surface area contributed by atoms with E-state index in [2.05, 4.69) is 4.98 Å². The van der Waals surface area contributed by atoms with Gasteiger partial charge in [-0.3, -0.25) is 4.98 Å². The number of carbonyl (C=O) groups is 1. The monoisotopic (exact) mass is 261 g/mol. The molecule has 0 radical (unpaired) electrons. The number of nitrogens with zero attached hydrogens (tertiary/aromatic N) is 1. The third-order valence-corrected chi connectivity index (χ3v) is 2.44. The molecule has 0 spiro atoms. The molecule has 0 saturated carbocycles. The SMILES string of the molecule is COc1ccc(OC(=O)c2cncc(C)c2)cc1F. The zero-order valence-electron chi connectivity index (χ0n) is 10.5. The van der Waals surface area contributed by atoms with Crippen LogP contribution in [0.4, 0.5) is 4.39 Å². The van der Waals surface area contributed by atoms with Crippen molar-refractivity contribution < 1.29 is 18.7 Å². The van der Waals surface area contributed by atoms with Gasteiger partial charge < -0.3 is 9.47 Å². The number of aromatic nitrogens is 1. The van der Waals surface area contributed by atoms with E-state index in [-0.39, 0.29) is 11.5 Å². The second-order valence-corrected chi connectivity index (χ2v) is 3.94. The van der Waals surface area contributed by atoms with E-state index < -0.39 is 11.8 Å². The fourth-order valence-corrected chi connectivity index (χ4v) is 1.54. The Morgan fingerprint density at radius 3 is 2.68 bits per heavy atom. The third-order valence-electron chi connectivity index (χ3n) is 2.44. The Kier molecular flexibility index (Phi) is 3.75. The lowest BCUT2D eigenvalue weighted by Crippen LogP contribution is -2.09. The van der Waals surface area contributed by atoms with E-state index in [1.165, 1.54) is 25.4 Å². The number of pyridine rings is 1. The minimum Gasteiger partial charge on any atom is -0.494 e. The van der Waals surface area contributed by atoms with Gasteiger partial charge in [-0.15, -0.1) is 0 Å². The van der Waals surface area contributed by atoms with Gasteiger partial charge in [0.15, 0.2) is 11.6 Å². The summed E-state index contributed by atoms with van der Waals surface area (Å²) in [7, 11) is 1.36. The van der Waals surface area contributed by atoms with E-state index in [0.29, 0.717) is 5.56 Å². The molecule has 1 heterocycles. The van der Waals surface area contributed by atoms with Crippen molar-refractivity contribution in [2.75, 3.05) is 7.11 Å². The van der Waals surface area contributed by atoms with Crippen molar-refractivity contribution in [2.24, 2.45) is 0 Å². The van der Waals surface area contributed by atoms with Gasteiger partial charge in [-0.1, -0.05) is 0 Å². The average Bonchev–Trinajstić information content (AvgIpc) is 2.39. The smallest absolute Gasteiger partial charge is 0.345 e. The van der Waals surface area contributed by atoms with E-state index in [4.69, 9.17) is 9.47 Å². The van der Waals surface area contributed by atoms with Crippen molar-refractivity contribution in [2.45, 2.75) is 6.92 Å². The van der Waals surface area contributed by atoms with Gasteiger partial charge in [0.1, 0.15) is 5.75 Å². The van der Waals surface area contributed by atoms with Crippen LogP contribution in [-0.4, -0.2) is 18.1 Å². The van der Waals surface area contributed by atoms with Crippen LogP contribution in [0, 0.1) is 12.7 Å². The fraction of sp³-hybridized carbons (Fsp3) is 0.143. The number of hydrogen-bond acceptors (Lipinski definition) is 4. The molecule has 0 N–H and O–H groups in total. The van der Waals surface area contributed by atoms with Crippen LogP contribution in [-0.2, 0) is 0 Å². The van der Waals surface area contributed by atoms with Crippen molar-refractivity contribution in [3.05, 3.63) is 53.6 Å². The van der Waals surface area contributed by atoms with Crippen molar-refractivity contribution in [3.63, 3.8) is 0 Å². The summed E-state index contributed by atoms with van der Waals surface area (Å²) >= 11 is 0. The summed E-state index contributed by atoms with van der Waals surface area (Å²) in [6.07, 6.45) is 3.03. The zero-order valence-corrected chi connectivity index (χ0v) is 10.5. The highest BCUT2D eigenvalue weighted by Crippen LogP contribution is 2.22. The minimum absolute atomic E-state index is 0.0945. The van der Waals surface area contributed by atoms with E-state index in [0.717, 1.165) is 11.6 Å². The van der Waals surface area contributed by atoms with E-state index in [1.54, 1.807) is 12.3 Å². The molecule has 0 atom stereocenters. The minimum atomic E-state index is -0.588. The van der Waals surface area contributed by atoms with Gasteiger partial charge in [-0.2, -0.15) is 0 Å². The van der Waals surface area contributed by atoms with Gasteiger partial charge in [-0.05, 0) is 30.7 Å². The Balaban J connectivity index is 2.17. The molecular formula is C14H12FNO3.